The number of aromatic nitrogens is 1. The Morgan fingerprint density at radius 3 is 2.57 bits per heavy atom. The number of likely N-dealkylation sites (N-methyl/N-ethyl adjacent to an activating group) is 1. The Morgan fingerprint density at radius 2 is 1.89 bits per heavy atom. The molecule has 2 aromatic carbocycles. The van der Waals surface area contributed by atoms with E-state index in [1.54, 1.807) is 48.5 Å². The van der Waals surface area contributed by atoms with Crippen LogP contribution in [0.4, 0.5) is 22.3 Å². The van der Waals surface area contributed by atoms with E-state index in [4.69, 9.17) is 5.73 Å². The van der Waals surface area contributed by atoms with E-state index in [0.717, 1.165) is 30.7 Å². The standard InChI is InChI=1S/C25H28N6O3S/c1-15(32)28-20-8-4-3-7-19(20)21(33)22-23(26)30-25(35-22)29-17-11-9-16(10-12-17)24(34)27-14-18-6-5-13-31(18)2/h3-4,7-12,18H,5-6,13-14,26H2,1-2H3,(H,27,34)(H,28,32)(H,29,30)/t18-/m0/s1. The molecule has 0 spiro atoms. The van der Waals surface area contributed by atoms with Gasteiger partial charge < -0.3 is 26.6 Å². The number of hydrogen-bond acceptors (Lipinski definition) is 8. The number of nitrogens with zero attached hydrogens (tertiary/aromatic N) is 2. The Kier molecular flexibility index (Phi) is 7.42. The van der Waals surface area contributed by atoms with E-state index in [9.17, 15) is 14.4 Å². The number of nitrogens with two attached hydrogens (primary N) is 1. The summed E-state index contributed by atoms with van der Waals surface area (Å²) in [7, 11) is 2.08. The fraction of sp³-hybridized carbons (Fsp3) is 0.280. The summed E-state index contributed by atoms with van der Waals surface area (Å²) in [5.74, 6) is -0.598. The van der Waals surface area contributed by atoms with Crippen LogP contribution in [0.15, 0.2) is 48.5 Å². The first kappa shape index (κ1) is 24.4. The predicted octanol–water partition coefficient (Wildman–Crippen LogP) is 3.48. The molecule has 2 amide bonds. The summed E-state index contributed by atoms with van der Waals surface area (Å²) >= 11 is 1.12. The van der Waals surface area contributed by atoms with Crippen LogP contribution in [0.2, 0.25) is 0 Å². The van der Waals surface area contributed by atoms with Crippen LogP contribution in [0.25, 0.3) is 0 Å². The minimum absolute atomic E-state index is 0.105. The van der Waals surface area contributed by atoms with Crippen LogP contribution in [0.3, 0.4) is 0 Å². The second-order valence-electron chi connectivity index (χ2n) is 8.48. The number of amides is 2. The van der Waals surface area contributed by atoms with Crippen molar-refractivity contribution in [3.63, 3.8) is 0 Å². The second kappa shape index (κ2) is 10.7. The molecule has 182 valence electrons. The summed E-state index contributed by atoms with van der Waals surface area (Å²) in [5.41, 5.74) is 8.07. The molecule has 0 saturated carbocycles. The third-order valence-corrected chi connectivity index (χ3v) is 6.90. The number of likely N-dealkylation sites (tertiary alicyclic amines) is 1. The maximum Gasteiger partial charge on any atom is 0.251 e. The first-order valence-electron chi connectivity index (χ1n) is 11.3. The van der Waals surface area contributed by atoms with Crippen molar-refractivity contribution < 1.29 is 14.4 Å². The molecule has 4 rings (SSSR count). The van der Waals surface area contributed by atoms with Gasteiger partial charge in [-0.15, -0.1) is 0 Å². The van der Waals surface area contributed by atoms with Gasteiger partial charge in [-0.1, -0.05) is 23.5 Å². The lowest BCUT2D eigenvalue weighted by Crippen LogP contribution is -2.38. The molecule has 10 heteroatoms. The van der Waals surface area contributed by atoms with Gasteiger partial charge in [0.1, 0.15) is 10.7 Å². The van der Waals surface area contributed by atoms with Crippen LogP contribution >= 0.6 is 11.3 Å². The van der Waals surface area contributed by atoms with Gasteiger partial charge in [0, 0.05) is 36.3 Å². The molecule has 1 fully saturated rings. The first-order valence-corrected chi connectivity index (χ1v) is 12.2. The van der Waals surface area contributed by atoms with Gasteiger partial charge in [-0.3, -0.25) is 14.4 Å². The van der Waals surface area contributed by atoms with Gasteiger partial charge in [0.15, 0.2) is 5.13 Å². The van der Waals surface area contributed by atoms with Crippen LogP contribution < -0.4 is 21.7 Å². The largest absolute Gasteiger partial charge is 0.382 e. The van der Waals surface area contributed by atoms with Crippen LogP contribution in [0.5, 0.6) is 0 Å². The van der Waals surface area contributed by atoms with E-state index < -0.39 is 0 Å². The zero-order valence-corrected chi connectivity index (χ0v) is 20.4. The molecule has 0 bridgehead atoms. The summed E-state index contributed by atoms with van der Waals surface area (Å²) < 4.78 is 0. The number of para-hydroxylation sites is 1. The lowest BCUT2D eigenvalue weighted by molar-refractivity contribution is -0.114. The van der Waals surface area contributed by atoms with Crippen molar-refractivity contribution in [2.24, 2.45) is 0 Å². The van der Waals surface area contributed by atoms with Crippen molar-refractivity contribution in [3.8, 4) is 0 Å². The maximum atomic E-state index is 13.1. The van der Waals surface area contributed by atoms with E-state index >= 15 is 0 Å². The first-order chi connectivity index (χ1) is 16.8. The molecule has 3 aromatic rings. The highest BCUT2D eigenvalue weighted by atomic mass is 32.1. The van der Waals surface area contributed by atoms with Gasteiger partial charge in [-0.25, -0.2) is 4.98 Å². The number of nitrogen functional groups attached to an aromatic ring is 1. The van der Waals surface area contributed by atoms with E-state index in [-0.39, 0.29) is 28.3 Å². The number of carbonyl (C=O) groups excluding carboxylic acids is 3. The number of anilines is 4. The van der Waals surface area contributed by atoms with Crippen LogP contribution in [-0.4, -0.2) is 53.7 Å². The molecule has 1 aliphatic rings. The molecule has 0 aliphatic carbocycles. The molecule has 1 aliphatic heterocycles. The zero-order valence-electron chi connectivity index (χ0n) is 19.6. The van der Waals surface area contributed by atoms with Crippen molar-refractivity contribution in [2.45, 2.75) is 25.8 Å². The molecule has 1 aromatic heterocycles. The summed E-state index contributed by atoms with van der Waals surface area (Å²) in [5, 5.41) is 9.25. The zero-order chi connectivity index (χ0) is 24.9. The Hall–Kier alpha value is -3.76. The molecule has 9 nitrogen and oxygen atoms in total. The molecular weight excluding hydrogens is 464 g/mol. The number of hydrogen-bond donors (Lipinski definition) is 4. The van der Waals surface area contributed by atoms with Crippen molar-refractivity contribution in [1.82, 2.24) is 15.2 Å². The third kappa shape index (κ3) is 5.84. The molecule has 1 saturated heterocycles. The fourth-order valence-electron chi connectivity index (χ4n) is 4.03. The average molecular weight is 493 g/mol. The Bertz CT molecular complexity index is 1240. The average Bonchev–Trinajstić information content (AvgIpc) is 3.42. The molecule has 5 N–H and O–H groups in total. The fourth-order valence-corrected chi connectivity index (χ4v) is 4.89. The van der Waals surface area contributed by atoms with Gasteiger partial charge in [0.05, 0.1) is 5.69 Å². The number of nitrogens with one attached hydrogen (secondary N) is 3. The van der Waals surface area contributed by atoms with Gasteiger partial charge >= 0.3 is 0 Å². The number of ketones is 1. The highest BCUT2D eigenvalue weighted by Gasteiger charge is 2.22. The van der Waals surface area contributed by atoms with Crippen LogP contribution in [0, 0.1) is 0 Å². The summed E-state index contributed by atoms with van der Waals surface area (Å²) in [6, 6.07) is 14.2. The summed E-state index contributed by atoms with van der Waals surface area (Å²) in [6.07, 6.45) is 2.26. The monoisotopic (exact) mass is 492 g/mol. The molecule has 35 heavy (non-hydrogen) atoms. The van der Waals surface area contributed by atoms with Crippen molar-refractivity contribution in [1.29, 1.82) is 0 Å². The minimum Gasteiger partial charge on any atom is -0.382 e. The SMILES string of the molecule is CC(=O)Nc1ccccc1C(=O)c1sc(Nc2ccc(C(=O)NC[C@@H]3CCCN3C)cc2)nc1N. The number of carbonyl (C=O) groups is 3. The maximum absolute atomic E-state index is 13.1. The normalized spacial score (nSPS) is 15.5. The van der Waals surface area contributed by atoms with Crippen molar-refractivity contribution >= 4 is 51.3 Å². The highest BCUT2D eigenvalue weighted by molar-refractivity contribution is 7.18. The van der Waals surface area contributed by atoms with Gasteiger partial charge in [-0.05, 0) is 62.8 Å². The number of rotatable bonds is 8. The van der Waals surface area contributed by atoms with E-state index in [0.29, 0.717) is 40.2 Å². The highest BCUT2D eigenvalue weighted by Crippen LogP contribution is 2.31. The Morgan fingerprint density at radius 1 is 1.14 bits per heavy atom. The molecule has 0 radical (unpaired) electrons. The van der Waals surface area contributed by atoms with Crippen LogP contribution in [-0.2, 0) is 4.79 Å². The van der Waals surface area contributed by atoms with Gasteiger partial charge in [-0.2, -0.15) is 0 Å². The predicted molar refractivity (Wildman–Crippen MR) is 138 cm³/mol. The van der Waals surface area contributed by atoms with Crippen molar-refractivity contribution in [3.05, 3.63) is 64.5 Å². The molecule has 2 heterocycles. The lowest BCUT2D eigenvalue weighted by atomic mass is 10.1. The van der Waals surface area contributed by atoms with Crippen LogP contribution in [0.1, 0.15) is 45.4 Å². The van der Waals surface area contributed by atoms with Gasteiger partial charge in [0.25, 0.3) is 5.91 Å². The van der Waals surface area contributed by atoms with Crippen molar-refractivity contribution in [2.75, 3.05) is 36.5 Å². The topological polar surface area (TPSA) is 129 Å². The second-order valence-corrected chi connectivity index (χ2v) is 9.48. The minimum atomic E-state index is -0.322. The third-order valence-electron chi connectivity index (χ3n) is 5.91. The Labute approximate surface area is 207 Å². The Balaban J connectivity index is 1.41. The smallest absolute Gasteiger partial charge is 0.251 e. The number of benzene rings is 2. The molecular formula is C25H28N6O3S. The summed E-state index contributed by atoms with van der Waals surface area (Å²) in [4.78, 5) is 43.9. The molecule has 1 atom stereocenters. The molecule has 0 unspecified atom stereocenters. The lowest BCUT2D eigenvalue weighted by Gasteiger charge is -2.19. The quantitative estimate of drug-likeness (QED) is 0.354. The van der Waals surface area contributed by atoms with E-state index in [1.165, 1.54) is 6.92 Å². The van der Waals surface area contributed by atoms with E-state index in [2.05, 4.69) is 32.9 Å². The van der Waals surface area contributed by atoms with E-state index in [1.807, 2.05) is 0 Å². The van der Waals surface area contributed by atoms with Gasteiger partial charge in [0.2, 0.25) is 11.7 Å². The number of thiazole rings is 1. The summed E-state index contributed by atoms with van der Waals surface area (Å²) in [6.45, 7) is 3.08.